The number of fused-ring (bicyclic) bond motifs is 1. The van der Waals surface area contributed by atoms with E-state index in [2.05, 4.69) is 26.7 Å². The molecule has 0 bridgehead atoms. The zero-order chi connectivity index (χ0) is 17.7. The fraction of sp³-hybridized carbons (Fsp3) is 0.333. The smallest absolute Gasteiger partial charge is 0.356 e. The molecule has 1 amide bonds. The quantitative estimate of drug-likeness (QED) is 0.511. The highest BCUT2D eigenvalue weighted by Crippen LogP contribution is 2.27. The molecule has 0 fully saturated rings. The molecule has 1 N–H and O–H groups in total. The predicted octanol–water partition coefficient (Wildman–Crippen LogP) is 2.21. The van der Waals surface area contributed by atoms with Gasteiger partial charge in [0.1, 0.15) is 11.5 Å². The van der Waals surface area contributed by atoms with Crippen molar-refractivity contribution in [1.82, 2.24) is 10.3 Å². The van der Waals surface area contributed by atoms with Gasteiger partial charge < -0.3 is 10.1 Å². The van der Waals surface area contributed by atoms with Crippen molar-refractivity contribution in [2.45, 2.75) is 26.7 Å². The number of aliphatic imine (C=N–C) groups is 1. The predicted molar refractivity (Wildman–Crippen MR) is 91.7 cm³/mol. The van der Waals surface area contributed by atoms with Crippen LogP contribution >= 0.6 is 0 Å². The lowest BCUT2D eigenvalue weighted by Crippen LogP contribution is -2.30. The third-order valence-corrected chi connectivity index (χ3v) is 3.78. The number of esters is 1. The normalized spacial score (nSPS) is 16.1. The van der Waals surface area contributed by atoms with Gasteiger partial charge in [-0.05, 0) is 56.7 Å². The van der Waals surface area contributed by atoms with Gasteiger partial charge in [0.25, 0.3) is 0 Å². The second-order valence-electron chi connectivity index (χ2n) is 5.88. The Kier molecular flexibility index (Phi) is 5.63. The third-order valence-electron chi connectivity index (χ3n) is 3.78. The number of pyridine rings is 1. The highest BCUT2D eigenvalue weighted by atomic mass is 16.5. The minimum atomic E-state index is -0.478. The Morgan fingerprint density at radius 3 is 2.67 bits per heavy atom. The van der Waals surface area contributed by atoms with Crippen molar-refractivity contribution in [2.24, 2.45) is 10.9 Å². The molecule has 1 unspecified atom stereocenters. The Bertz CT molecular complexity index is 731. The van der Waals surface area contributed by atoms with Crippen molar-refractivity contribution in [2.75, 3.05) is 7.11 Å². The maximum absolute atomic E-state index is 12.4. The molecule has 1 aromatic rings. The minimum Gasteiger partial charge on any atom is -0.464 e. The summed E-state index contributed by atoms with van der Waals surface area (Å²) in [5, 5.41) is 2.78. The zero-order valence-corrected chi connectivity index (χ0v) is 14.1. The van der Waals surface area contributed by atoms with E-state index in [9.17, 15) is 9.59 Å². The molecule has 0 saturated heterocycles. The molecule has 0 radical (unpaired) electrons. The van der Waals surface area contributed by atoms with Crippen molar-refractivity contribution < 1.29 is 14.3 Å². The molecule has 0 aromatic carbocycles. The van der Waals surface area contributed by atoms with Crippen LogP contribution in [0.1, 0.15) is 35.5 Å². The first-order chi connectivity index (χ1) is 11.4. The van der Waals surface area contributed by atoms with E-state index in [1.165, 1.54) is 7.11 Å². The largest absolute Gasteiger partial charge is 0.464 e. The average Bonchev–Trinajstić information content (AvgIpc) is 3.00. The van der Waals surface area contributed by atoms with Crippen LogP contribution in [-0.2, 0) is 22.4 Å². The average molecular weight is 327 g/mol. The lowest BCUT2D eigenvalue weighted by molar-refractivity contribution is -0.124. The van der Waals surface area contributed by atoms with E-state index in [0.717, 1.165) is 16.7 Å². The number of carbonyl (C=O) groups excluding carboxylic acids is 2. The second kappa shape index (κ2) is 7.68. The fourth-order valence-electron chi connectivity index (χ4n) is 2.51. The summed E-state index contributed by atoms with van der Waals surface area (Å²) >= 11 is 0. The van der Waals surface area contributed by atoms with Gasteiger partial charge in [0, 0.05) is 12.1 Å². The van der Waals surface area contributed by atoms with Crippen LogP contribution in [0.25, 0.3) is 0 Å². The molecule has 1 aliphatic carbocycles. The maximum Gasteiger partial charge on any atom is 0.356 e. The van der Waals surface area contributed by atoms with Crippen molar-refractivity contribution >= 4 is 18.6 Å². The Labute approximate surface area is 141 Å². The van der Waals surface area contributed by atoms with Crippen LogP contribution in [0.5, 0.6) is 0 Å². The molecule has 2 rings (SSSR count). The second-order valence-corrected chi connectivity index (χ2v) is 5.88. The first-order valence-corrected chi connectivity index (χ1v) is 7.63. The van der Waals surface area contributed by atoms with E-state index < -0.39 is 5.97 Å². The molecule has 1 aliphatic rings. The molecular formula is C18H21N3O3. The first-order valence-electron chi connectivity index (χ1n) is 7.63. The van der Waals surface area contributed by atoms with Gasteiger partial charge in [-0.15, -0.1) is 0 Å². The van der Waals surface area contributed by atoms with E-state index in [4.69, 9.17) is 0 Å². The first kappa shape index (κ1) is 17.6. The van der Waals surface area contributed by atoms with E-state index in [1.54, 1.807) is 18.3 Å². The van der Waals surface area contributed by atoms with Gasteiger partial charge in [-0.3, -0.25) is 4.79 Å². The summed E-state index contributed by atoms with van der Waals surface area (Å²) in [5.74, 6) is -0.391. The zero-order valence-electron chi connectivity index (χ0n) is 14.1. The molecule has 1 heterocycles. The molecule has 6 heteroatoms. The van der Waals surface area contributed by atoms with Gasteiger partial charge in [0.05, 0.1) is 7.11 Å². The number of ether oxygens (including phenoxy) is 1. The highest BCUT2D eigenvalue weighted by molar-refractivity contribution is 5.87. The van der Waals surface area contributed by atoms with Crippen molar-refractivity contribution in [3.05, 3.63) is 52.6 Å². The standard InChI is InChI=1S/C18H21N3O3/c1-11(2)5-6-16(19-3)21-17(22)13-7-12-9-15(18(23)24-4)20-10-14(12)8-13/h5-6,9-10,13H,3,7-8H2,1-2,4H3,(H,21,22)/b16-6+. The van der Waals surface area contributed by atoms with Crippen LogP contribution < -0.4 is 5.32 Å². The molecule has 0 saturated carbocycles. The topological polar surface area (TPSA) is 80.7 Å². The van der Waals surface area contributed by atoms with E-state index in [0.29, 0.717) is 18.7 Å². The number of aromatic nitrogens is 1. The number of nitrogens with zero attached hydrogens (tertiary/aromatic N) is 2. The van der Waals surface area contributed by atoms with Crippen LogP contribution in [0.3, 0.4) is 0 Å². The summed E-state index contributed by atoms with van der Waals surface area (Å²) in [4.78, 5) is 31.9. The van der Waals surface area contributed by atoms with Gasteiger partial charge >= 0.3 is 5.97 Å². The number of methoxy groups -OCH3 is 1. The Hall–Kier alpha value is -2.76. The van der Waals surface area contributed by atoms with Gasteiger partial charge in [-0.25, -0.2) is 14.8 Å². The summed E-state index contributed by atoms with van der Waals surface area (Å²) in [6, 6.07) is 1.69. The van der Waals surface area contributed by atoms with Crippen LogP contribution in [-0.4, -0.2) is 30.7 Å². The van der Waals surface area contributed by atoms with Crippen LogP contribution in [0.15, 0.2) is 40.8 Å². The highest BCUT2D eigenvalue weighted by Gasteiger charge is 2.29. The van der Waals surface area contributed by atoms with E-state index in [-0.39, 0.29) is 17.5 Å². The van der Waals surface area contributed by atoms with Gasteiger partial charge in [0.15, 0.2) is 0 Å². The molecular weight excluding hydrogens is 306 g/mol. The minimum absolute atomic E-state index is 0.119. The fourth-order valence-corrected chi connectivity index (χ4v) is 2.51. The van der Waals surface area contributed by atoms with E-state index >= 15 is 0 Å². The molecule has 0 spiro atoms. The summed E-state index contributed by atoms with van der Waals surface area (Å²) in [6.07, 6.45) is 6.36. The van der Waals surface area contributed by atoms with Gasteiger partial charge in [-0.1, -0.05) is 11.6 Å². The lowest BCUT2D eigenvalue weighted by Gasteiger charge is -2.10. The number of amides is 1. The molecule has 1 aromatic heterocycles. The number of rotatable bonds is 5. The van der Waals surface area contributed by atoms with Crippen LogP contribution in [0.2, 0.25) is 0 Å². The van der Waals surface area contributed by atoms with Gasteiger partial charge in [-0.2, -0.15) is 0 Å². The molecule has 6 nitrogen and oxygen atoms in total. The number of hydrogen-bond acceptors (Lipinski definition) is 5. The Morgan fingerprint density at radius 2 is 2.04 bits per heavy atom. The van der Waals surface area contributed by atoms with Crippen LogP contribution in [0.4, 0.5) is 0 Å². The lowest BCUT2D eigenvalue weighted by atomic mass is 10.1. The number of carbonyl (C=O) groups is 2. The van der Waals surface area contributed by atoms with Gasteiger partial charge in [0.2, 0.25) is 5.91 Å². The molecule has 126 valence electrons. The van der Waals surface area contributed by atoms with Crippen molar-refractivity contribution in [3.63, 3.8) is 0 Å². The molecule has 0 aliphatic heterocycles. The Morgan fingerprint density at radius 1 is 1.33 bits per heavy atom. The summed E-state index contributed by atoms with van der Waals surface area (Å²) in [6.45, 7) is 7.39. The monoisotopic (exact) mass is 327 g/mol. The Balaban J connectivity index is 2.08. The summed E-state index contributed by atoms with van der Waals surface area (Å²) < 4.78 is 4.67. The third kappa shape index (κ3) is 4.16. The SMILES string of the molecule is C=N/C(=C\C=C(C)C)NC(=O)C1Cc2cnc(C(=O)OC)cc2C1. The van der Waals surface area contributed by atoms with Crippen LogP contribution in [0, 0.1) is 5.92 Å². The summed E-state index contributed by atoms with van der Waals surface area (Å²) in [7, 11) is 1.32. The number of nitrogens with one attached hydrogen (secondary N) is 1. The molecule has 24 heavy (non-hydrogen) atoms. The number of allylic oxidation sites excluding steroid dienone is 3. The van der Waals surface area contributed by atoms with Crippen molar-refractivity contribution in [1.29, 1.82) is 0 Å². The van der Waals surface area contributed by atoms with Crippen molar-refractivity contribution in [3.8, 4) is 0 Å². The summed E-state index contributed by atoms with van der Waals surface area (Å²) in [5.41, 5.74) is 3.28. The maximum atomic E-state index is 12.4. The van der Waals surface area contributed by atoms with E-state index in [1.807, 2.05) is 19.9 Å². The molecule has 1 atom stereocenters. The number of hydrogen-bond donors (Lipinski definition) is 1.